The van der Waals surface area contributed by atoms with E-state index in [0.29, 0.717) is 12.1 Å². The molecule has 1 fully saturated rings. The number of aromatic nitrogens is 2. The lowest BCUT2D eigenvalue weighted by molar-refractivity contribution is 0.527. The normalized spacial score (nSPS) is 17.6. The summed E-state index contributed by atoms with van der Waals surface area (Å²) < 4.78 is 2.01. The fourth-order valence-electron chi connectivity index (χ4n) is 2.11. The van der Waals surface area contributed by atoms with E-state index in [9.17, 15) is 0 Å². The molecule has 1 aliphatic rings. The van der Waals surface area contributed by atoms with Crippen molar-refractivity contribution in [2.45, 2.75) is 45.7 Å². The second-order valence-electron chi connectivity index (χ2n) is 4.92. The SMILES string of the molecule is Cc1nn(C(C)C)c(NC2CCSCC2)c1N. The van der Waals surface area contributed by atoms with Crippen molar-refractivity contribution in [2.75, 3.05) is 22.6 Å². The number of hydrogen-bond acceptors (Lipinski definition) is 4. The molecule has 1 aromatic rings. The molecule has 0 unspecified atom stereocenters. The molecule has 2 rings (SSSR count). The van der Waals surface area contributed by atoms with E-state index in [4.69, 9.17) is 5.73 Å². The fraction of sp³-hybridized carbons (Fsp3) is 0.750. The second kappa shape index (κ2) is 5.21. The Morgan fingerprint density at radius 2 is 2.06 bits per heavy atom. The molecule has 1 aliphatic heterocycles. The maximum Gasteiger partial charge on any atom is 0.148 e. The summed E-state index contributed by atoms with van der Waals surface area (Å²) in [6.45, 7) is 6.23. The molecule has 3 N–H and O–H groups in total. The topological polar surface area (TPSA) is 55.9 Å². The molecule has 0 radical (unpaired) electrons. The van der Waals surface area contributed by atoms with Gasteiger partial charge in [-0.15, -0.1) is 0 Å². The van der Waals surface area contributed by atoms with Crippen molar-refractivity contribution in [3.63, 3.8) is 0 Å². The summed E-state index contributed by atoms with van der Waals surface area (Å²) in [7, 11) is 0. The molecule has 17 heavy (non-hydrogen) atoms. The number of hydrogen-bond donors (Lipinski definition) is 2. The molecule has 4 nitrogen and oxygen atoms in total. The van der Waals surface area contributed by atoms with Gasteiger partial charge in [0.1, 0.15) is 5.82 Å². The van der Waals surface area contributed by atoms with Crippen LogP contribution in [0.3, 0.4) is 0 Å². The molecular weight excluding hydrogens is 232 g/mol. The fourth-order valence-corrected chi connectivity index (χ4v) is 3.22. The Morgan fingerprint density at radius 3 is 2.65 bits per heavy atom. The average molecular weight is 254 g/mol. The number of nitrogens with two attached hydrogens (primary N) is 1. The zero-order valence-electron chi connectivity index (χ0n) is 10.9. The summed E-state index contributed by atoms with van der Waals surface area (Å²) in [5.41, 5.74) is 7.83. The van der Waals surface area contributed by atoms with Crippen molar-refractivity contribution in [3.05, 3.63) is 5.69 Å². The number of anilines is 2. The van der Waals surface area contributed by atoms with Crippen LogP contribution in [0.15, 0.2) is 0 Å². The third-order valence-corrected chi connectivity index (χ3v) is 4.23. The van der Waals surface area contributed by atoms with E-state index in [1.165, 1.54) is 24.3 Å². The third kappa shape index (κ3) is 2.70. The Hall–Kier alpha value is -0.840. The van der Waals surface area contributed by atoms with E-state index in [-0.39, 0.29) is 0 Å². The molecule has 0 amide bonds. The molecule has 1 saturated heterocycles. The van der Waals surface area contributed by atoms with Gasteiger partial charge >= 0.3 is 0 Å². The predicted octanol–water partition coefficient (Wildman–Crippen LogP) is 2.66. The van der Waals surface area contributed by atoms with Gasteiger partial charge in [0.2, 0.25) is 0 Å². The minimum atomic E-state index is 0.339. The van der Waals surface area contributed by atoms with Gasteiger partial charge in [0.05, 0.1) is 11.4 Å². The first-order valence-corrected chi connectivity index (χ1v) is 7.44. The number of nitrogens with zero attached hydrogens (tertiary/aromatic N) is 2. The molecule has 0 bridgehead atoms. The van der Waals surface area contributed by atoms with E-state index < -0.39 is 0 Å². The van der Waals surface area contributed by atoms with E-state index in [2.05, 4.69) is 24.3 Å². The summed E-state index contributed by atoms with van der Waals surface area (Å²) in [5, 5.41) is 8.08. The zero-order chi connectivity index (χ0) is 12.4. The minimum absolute atomic E-state index is 0.339. The molecule has 2 heterocycles. The quantitative estimate of drug-likeness (QED) is 0.870. The van der Waals surface area contributed by atoms with Gasteiger partial charge in [-0.3, -0.25) is 0 Å². The van der Waals surface area contributed by atoms with Gasteiger partial charge in [0.25, 0.3) is 0 Å². The van der Waals surface area contributed by atoms with Crippen LogP contribution in [0.4, 0.5) is 11.5 Å². The van der Waals surface area contributed by atoms with Crippen molar-refractivity contribution in [2.24, 2.45) is 0 Å². The van der Waals surface area contributed by atoms with Crippen LogP contribution in [0.2, 0.25) is 0 Å². The number of thioether (sulfide) groups is 1. The van der Waals surface area contributed by atoms with Crippen molar-refractivity contribution < 1.29 is 0 Å². The van der Waals surface area contributed by atoms with Crippen LogP contribution in [0.1, 0.15) is 38.4 Å². The largest absolute Gasteiger partial charge is 0.394 e. The highest BCUT2D eigenvalue weighted by Crippen LogP contribution is 2.28. The van der Waals surface area contributed by atoms with Gasteiger partial charge < -0.3 is 11.1 Å². The van der Waals surface area contributed by atoms with Crippen LogP contribution in [-0.4, -0.2) is 27.3 Å². The Labute approximate surface area is 107 Å². The Kier molecular flexibility index (Phi) is 3.86. The minimum Gasteiger partial charge on any atom is -0.394 e. The number of aryl methyl sites for hydroxylation is 1. The summed E-state index contributed by atoms with van der Waals surface area (Å²) in [6, 6.07) is 0.888. The monoisotopic (exact) mass is 254 g/mol. The average Bonchev–Trinajstić information content (AvgIpc) is 2.59. The maximum absolute atomic E-state index is 6.11. The van der Waals surface area contributed by atoms with E-state index >= 15 is 0 Å². The van der Waals surface area contributed by atoms with Crippen LogP contribution in [-0.2, 0) is 0 Å². The van der Waals surface area contributed by atoms with E-state index in [1.807, 2.05) is 23.4 Å². The highest BCUT2D eigenvalue weighted by atomic mass is 32.2. The van der Waals surface area contributed by atoms with Crippen molar-refractivity contribution in [1.82, 2.24) is 9.78 Å². The molecule has 1 aromatic heterocycles. The molecular formula is C12H22N4S. The van der Waals surface area contributed by atoms with Crippen molar-refractivity contribution >= 4 is 23.3 Å². The predicted molar refractivity (Wildman–Crippen MR) is 75.7 cm³/mol. The maximum atomic E-state index is 6.11. The molecule has 0 atom stereocenters. The van der Waals surface area contributed by atoms with Gasteiger partial charge in [-0.25, -0.2) is 4.68 Å². The second-order valence-corrected chi connectivity index (χ2v) is 6.14. The first kappa shape index (κ1) is 12.6. The van der Waals surface area contributed by atoms with Gasteiger partial charge in [0, 0.05) is 12.1 Å². The van der Waals surface area contributed by atoms with E-state index in [1.54, 1.807) is 0 Å². The first-order chi connectivity index (χ1) is 8.09. The van der Waals surface area contributed by atoms with Gasteiger partial charge in [-0.1, -0.05) is 0 Å². The van der Waals surface area contributed by atoms with Crippen LogP contribution < -0.4 is 11.1 Å². The van der Waals surface area contributed by atoms with Crippen LogP contribution in [0.5, 0.6) is 0 Å². The standard InChI is InChI=1S/C12H22N4S/c1-8(2)16-12(11(13)9(3)15-16)14-10-4-6-17-7-5-10/h8,10,14H,4-7,13H2,1-3H3. The van der Waals surface area contributed by atoms with Crippen LogP contribution in [0.25, 0.3) is 0 Å². The molecule has 5 heteroatoms. The Balaban J connectivity index is 2.18. The van der Waals surface area contributed by atoms with Gasteiger partial charge in [0.15, 0.2) is 0 Å². The molecule has 96 valence electrons. The smallest absolute Gasteiger partial charge is 0.148 e. The lowest BCUT2D eigenvalue weighted by Crippen LogP contribution is -2.26. The molecule has 0 aromatic carbocycles. The van der Waals surface area contributed by atoms with Crippen LogP contribution >= 0.6 is 11.8 Å². The Morgan fingerprint density at radius 1 is 1.41 bits per heavy atom. The van der Waals surface area contributed by atoms with Crippen LogP contribution in [0, 0.1) is 6.92 Å². The number of nitrogen functional groups attached to an aromatic ring is 1. The molecule has 0 aliphatic carbocycles. The highest BCUT2D eigenvalue weighted by molar-refractivity contribution is 7.99. The summed E-state index contributed by atoms with van der Waals surface area (Å²) in [6.07, 6.45) is 2.43. The number of nitrogens with one attached hydrogen (secondary N) is 1. The Bertz CT molecular complexity index is 380. The van der Waals surface area contributed by atoms with E-state index in [0.717, 1.165) is 17.2 Å². The molecule has 0 spiro atoms. The van der Waals surface area contributed by atoms with Crippen molar-refractivity contribution in [3.8, 4) is 0 Å². The molecule has 0 saturated carbocycles. The number of rotatable bonds is 3. The highest BCUT2D eigenvalue weighted by Gasteiger charge is 2.19. The zero-order valence-corrected chi connectivity index (χ0v) is 11.7. The summed E-state index contributed by atoms with van der Waals surface area (Å²) in [5.74, 6) is 3.49. The lowest BCUT2D eigenvalue weighted by Gasteiger charge is -2.25. The first-order valence-electron chi connectivity index (χ1n) is 6.28. The van der Waals surface area contributed by atoms with Gasteiger partial charge in [-0.05, 0) is 45.1 Å². The summed E-state index contributed by atoms with van der Waals surface area (Å²) in [4.78, 5) is 0. The van der Waals surface area contributed by atoms with Gasteiger partial charge in [-0.2, -0.15) is 16.9 Å². The summed E-state index contributed by atoms with van der Waals surface area (Å²) >= 11 is 2.04. The van der Waals surface area contributed by atoms with Crippen molar-refractivity contribution in [1.29, 1.82) is 0 Å². The third-order valence-electron chi connectivity index (χ3n) is 3.18. The lowest BCUT2D eigenvalue weighted by atomic mass is 10.1.